The zero-order valence-electron chi connectivity index (χ0n) is 4.81. The fourth-order valence-electron chi connectivity index (χ4n) is 0.495. The Morgan fingerprint density at radius 2 is 2.40 bits per heavy atom. The van der Waals surface area contributed by atoms with Crippen LogP contribution in [0.4, 0.5) is 8.78 Å². The Kier molecular flexibility index (Phi) is 2.21. The predicted octanol–water partition coefficient (Wildman–Crippen LogP) is 1.40. The van der Waals surface area contributed by atoms with Crippen LogP contribution in [0.2, 0.25) is 5.15 Å². The molecule has 2 nitrogen and oxygen atoms in total. The Morgan fingerprint density at radius 1 is 1.70 bits per heavy atom. The van der Waals surface area contributed by atoms with Crippen LogP contribution in [0, 0.1) is 12.5 Å². The molecule has 0 unspecified atom stereocenters. The molecule has 1 heterocycles. The van der Waals surface area contributed by atoms with Crippen LogP contribution in [0.25, 0.3) is 0 Å². The van der Waals surface area contributed by atoms with Crippen LogP contribution in [0.15, 0.2) is 0 Å². The fraction of sp³-hybridized carbons (Fsp3) is 0.400. The highest BCUT2D eigenvalue weighted by atomic mass is 35.5. The largest absolute Gasteiger partial charge is 0.306 e. The van der Waals surface area contributed by atoms with E-state index in [1.54, 1.807) is 0 Å². The zero-order chi connectivity index (χ0) is 7.56. The smallest absolute Gasteiger partial charge is 0.256 e. The van der Waals surface area contributed by atoms with Crippen LogP contribution in [0.5, 0.6) is 0 Å². The predicted molar refractivity (Wildman–Crippen MR) is 30.9 cm³/mol. The van der Waals surface area contributed by atoms with E-state index in [1.807, 2.05) is 0 Å². The highest BCUT2D eigenvalue weighted by Crippen LogP contribution is 2.07. The van der Waals surface area contributed by atoms with Crippen LogP contribution < -0.4 is 0 Å². The molecule has 0 fully saturated rings. The maximum atomic E-state index is 11.6. The van der Waals surface area contributed by atoms with Crippen LogP contribution in [0.3, 0.4) is 0 Å². The summed E-state index contributed by atoms with van der Waals surface area (Å²) in [6, 6.07) is 0. The molecule has 0 aliphatic rings. The molecule has 1 aromatic heterocycles. The van der Waals surface area contributed by atoms with Crippen molar-refractivity contribution >= 4 is 11.6 Å². The summed E-state index contributed by atoms with van der Waals surface area (Å²) in [5, 5.41) is 0.0558. The van der Waals surface area contributed by atoms with Gasteiger partial charge in [0.05, 0.1) is 6.54 Å². The first-order valence-corrected chi connectivity index (χ1v) is 2.87. The summed E-state index contributed by atoms with van der Waals surface area (Å²) in [5.74, 6) is 0. The minimum atomic E-state index is -2.43. The van der Waals surface area contributed by atoms with Crippen molar-refractivity contribution in [1.82, 2.24) is 9.55 Å². The molecule has 0 N–H and O–H groups in total. The molecule has 0 aliphatic carbocycles. The van der Waals surface area contributed by atoms with Gasteiger partial charge in [0.15, 0.2) is 6.33 Å². The van der Waals surface area contributed by atoms with Crippen molar-refractivity contribution in [2.24, 2.45) is 0 Å². The van der Waals surface area contributed by atoms with E-state index >= 15 is 0 Å². The highest BCUT2D eigenvalue weighted by Gasteiger charge is 2.06. The zero-order valence-corrected chi connectivity index (χ0v) is 5.57. The second-order valence-electron chi connectivity index (χ2n) is 1.62. The van der Waals surface area contributed by atoms with Crippen LogP contribution in [-0.2, 0) is 6.54 Å². The van der Waals surface area contributed by atoms with Gasteiger partial charge in [0, 0.05) is 0 Å². The molecule has 10 heavy (non-hydrogen) atoms. The van der Waals surface area contributed by atoms with Crippen molar-refractivity contribution in [1.29, 1.82) is 0 Å². The first-order valence-electron chi connectivity index (χ1n) is 2.49. The third kappa shape index (κ3) is 1.67. The summed E-state index contributed by atoms with van der Waals surface area (Å²) < 4.78 is 24.3. The Balaban J connectivity index is 2.65. The van der Waals surface area contributed by atoms with Crippen molar-refractivity contribution in [3.63, 3.8) is 0 Å². The lowest BCUT2D eigenvalue weighted by Gasteiger charge is -1.99. The number of hydrogen-bond acceptors (Lipinski definition) is 1. The fourth-order valence-corrected chi connectivity index (χ4v) is 0.644. The van der Waals surface area contributed by atoms with Gasteiger partial charge in [0.1, 0.15) is 11.3 Å². The molecule has 0 bridgehead atoms. The van der Waals surface area contributed by atoms with Gasteiger partial charge in [-0.05, 0) is 0 Å². The average molecular weight is 165 g/mol. The molecule has 0 saturated heterocycles. The van der Waals surface area contributed by atoms with E-state index in [4.69, 9.17) is 11.6 Å². The molecule has 0 aromatic carbocycles. The lowest BCUT2D eigenvalue weighted by molar-refractivity contribution is 0.126. The summed E-state index contributed by atoms with van der Waals surface area (Å²) in [5.41, 5.74) is 0. The normalized spacial score (nSPS) is 10.8. The lowest BCUT2D eigenvalue weighted by Crippen LogP contribution is -2.05. The Morgan fingerprint density at radius 3 is 2.80 bits per heavy atom. The van der Waals surface area contributed by atoms with E-state index in [2.05, 4.69) is 17.5 Å². The van der Waals surface area contributed by atoms with Gasteiger partial charge < -0.3 is 4.57 Å². The molecule has 5 heteroatoms. The second kappa shape index (κ2) is 2.96. The summed E-state index contributed by atoms with van der Waals surface area (Å²) >= 11 is 5.36. The third-order valence-corrected chi connectivity index (χ3v) is 1.16. The first kappa shape index (κ1) is 7.47. The number of alkyl halides is 2. The van der Waals surface area contributed by atoms with Crippen molar-refractivity contribution in [3.05, 3.63) is 17.7 Å². The molecule has 0 spiro atoms. The van der Waals surface area contributed by atoms with E-state index in [0.29, 0.717) is 0 Å². The van der Waals surface area contributed by atoms with Gasteiger partial charge in [-0.2, -0.15) is 0 Å². The molecule has 0 aliphatic heterocycles. The molecule has 1 rings (SSSR count). The molecule has 0 amide bonds. The molecular formula is C5H3ClF2N2. The van der Waals surface area contributed by atoms with Crippen molar-refractivity contribution < 1.29 is 8.78 Å². The SMILES string of the molecule is FC(F)Cn1[c]n[c]c1Cl. The number of nitrogens with zero attached hydrogens (tertiary/aromatic N) is 2. The highest BCUT2D eigenvalue weighted by molar-refractivity contribution is 6.29. The van der Waals surface area contributed by atoms with Crippen LogP contribution in [0.1, 0.15) is 0 Å². The minimum Gasteiger partial charge on any atom is -0.306 e. The number of halogens is 3. The van der Waals surface area contributed by atoms with E-state index in [-0.39, 0.29) is 5.15 Å². The van der Waals surface area contributed by atoms with Gasteiger partial charge in [0.2, 0.25) is 0 Å². The molecule has 0 saturated carbocycles. The second-order valence-corrected chi connectivity index (χ2v) is 1.97. The molecule has 2 radical (unpaired) electrons. The summed E-state index contributed by atoms with van der Waals surface area (Å²) in [7, 11) is 0. The van der Waals surface area contributed by atoms with Crippen molar-refractivity contribution in [2.75, 3.05) is 0 Å². The van der Waals surface area contributed by atoms with Gasteiger partial charge in [-0.3, -0.25) is 0 Å². The Hall–Kier alpha value is -0.640. The molecule has 1 aromatic rings. The van der Waals surface area contributed by atoms with Gasteiger partial charge in [-0.15, -0.1) is 0 Å². The number of rotatable bonds is 2. The molecule has 54 valence electrons. The monoisotopic (exact) mass is 164 g/mol. The van der Waals surface area contributed by atoms with Gasteiger partial charge in [0.25, 0.3) is 6.43 Å². The topological polar surface area (TPSA) is 17.8 Å². The summed E-state index contributed by atoms with van der Waals surface area (Å²) in [4.78, 5) is 3.32. The van der Waals surface area contributed by atoms with Gasteiger partial charge >= 0.3 is 0 Å². The van der Waals surface area contributed by atoms with Crippen LogP contribution in [-0.4, -0.2) is 16.0 Å². The number of aromatic nitrogens is 2. The maximum Gasteiger partial charge on any atom is 0.256 e. The van der Waals surface area contributed by atoms with E-state index in [1.165, 1.54) is 0 Å². The van der Waals surface area contributed by atoms with Crippen LogP contribution >= 0.6 is 11.6 Å². The van der Waals surface area contributed by atoms with E-state index < -0.39 is 13.0 Å². The number of imidazole rings is 1. The third-order valence-electron chi connectivity index (χ3n) is 0.876. The lowest BCUT2D eigenvalue weighted by atomic mass is 10.6. The number of hydrogen-bond donors (Lipinski definition) is 0. The summed E-state index contributed by atoms with van der Waals surface area (Å²) in [6.07, 6.45) is 2.07. The minimum absolute atomic E-state index is 0.0558. The summed E-state index contributed by atoms with van der Waals surface area (Å²) in [6.45, 7) is -0.477. The Labute approximate surface area is 61.4 Å². The van der Waals surface area contributed by atoms with E-state index in [0.717, 1.165) is 4.57 Å². The van der Waals surface area contributed by atoms with E-state index in [9.17, 15) is 8.78 Å². The average Bonchev–Trinajstić information content (AvgIpc) is 2.15. The van der Waals surface area contributed by atoms with Gasteiger partial charge in [-0.25, -0.2) is 13.8 Å². The standard InChI is InChI=1S/C5H3ClF2N2/c6-4-1-9-3-10(4)2-5(7)8/h5H,2H2. The quantitative estimate of drug-likeness (QED) is 0.646. The van der Waals surface area contributed by atoms with Crippen molar-refractivity contribution in [3.8, 4) is 0 Å². The molecular weight excluding hydrogens is 162 g/mol. The molecule has 0 atom stereocenters. The maximum absolute atomic E-state index is 11.6. The first-order chi connectivity index (χ1) is 4.70. The Bertz CT molecular complexity index is 211. The van der Waals surface area contributed by atoms with Crippen molar-refractivity contribution in [2.45, 2.75) is 13.0 Å². The van der Waals surface area contributed by atoms with Gasteiger partial charge in [-0.1, -0.05) is 11.6 Å².